The van der Waals surface area contributed by atoms with Gasteiger partial charge in [0.15, 0.2) is 0 Å². The predicted octanol–water partition coefficient (Wildman–Crippen LogP) is 2.93. The van der Waals surface area contributed by atoms with Crippen molar-refractivity contribution in [3.8, 4) is 5.75 Å². The molecule has 1 aromatic carbocycles. The highest BCUT2D eigenvalue weighted by molar-refractivity contribution is 9.09. The van der Waals surface area contributed by atoms with Crippen molar-refractivity contribution < 1.29 is 9.90 Å². The molecule has 0 saturated carbocycles. The van der Waals surface area contributed by atoms with Crippen molar-refractivity contribution in [1.82, 2.24) is 5.32 Å². The van der Waals surface area contributed by atoms with Gasteiger partial charge in [-0.3, -0.25) is 4.79 Å². The van der Waals surface area contributed by atoms with Gasteiger partial charge in [-0.15, -0.1) is 0 Å². The summed E-state index contributed by atoms with van der Waals surface area (Å²) >= 11 is 3.40. The largest absolute Gasteiger partial charge is 0.507 e. The number of carbonyl (C=O) groups is 1. The minimum absolute atomic E-state index is 0.0169. The van der Waals surface area contributed by atoms with Crippen molar-refractivity contribution in [2.24, 2.45) is 5.41 Å². The number of phenolic OH excluding ortho intramolecular Hbond substituents is 1. The van der Waals surface area contributed by atoms with E-state index in [1.54, 1.807) is 18.2 Å². The number of amides is 1. The smallest absolute Gasteiger partial charge is 0.255 e. The Hall–Kier alpha value is -1.03. The van der Waals surface area contributed by atoms with E-state index in [0.29, 0.717) is 12.1 Å². The van der Waals surface area contributed by atoms with Crippen molar-refractivity contribution >= 4 is 21.8 Å². The van der Waals surface area contributed by atoms with Crippen LogP contribution in [0.15, 0.2) is 24.3 Å². The van der Waals surface area contributed by atoms with E-state index in [1.165, 1.54) is 6.07 Å². The summed E-state index contributed by atoms with van der Waals surface area (Å²) in [5, 5.41) is 13.3. The number of nitrogens with one attached hydrogen (secondary N) is 1. The molecule has 1 aromatic rings. The summed E-state index contributed by atoms with van der Waals surface area (Å²) in [5.74, 6) is -0.214. The van der Waals surface area contributed by atoms with Gasteiger partial charge < -0.3 is 10.4 Å². The van der Waals surface area contributed by atoms with Gasteiger partial charge in [-0.05, 0) is 24.0 Å². The van der Waals surface area contributed by atoms with Gasteiger partial charge in [0, 0.05) is 11.9 Å². The van der Waals surface area contributed by atoms with Gasteiger partial charge in [-0.25, -0.2) is 0 Å². The molecule has 0 bridgehead atoms. The Balaban J connectivity index is 2.59. The average molecular weight is 300 g/mol. The molecule has 17 heavy (non-hydrogen) atoms. The lowest BCUT2D eigenvalue weighted by Gasteiger charge is -2.23. The molecular weight excluding hydrogens is 282 g/mol. The van der Waals surface area contributed by atoms with E-state index in [9.17, 15) is 9.90 Å². The van der Waals surface area contributed by atoms with Gasteiger partial charge in [-0.2, -0.15) is 0 Å². The van der Waals surface area contributed by atoms with E-state index in [0.717, 1.165) is 11.8 Å². The maximum atomic E-state index is 11.8. The van der Waals surface area contributed by atoms with Crippen LogP contribution in [-0.4, -0.2) is 22.9 Å². The summed E-state index contributed by atoms with van der Waals surface area (Å²) in [6, 6.07) is 6.56. The van der Waals surface area contributed by atoms with Gasteiger partial charge in [0.1, 0.15) is 5.75 Å². The molecule has 0 aromatic heterocycles. The first-order valence-electron chi connectivity index (χ1n) is 5.58. The first kappa shape index (κ1) is 14.0. The zero-order chi connectivity index (χ0) is 12.9. The second kappa shape index (κ2) is 6.05. The maximum absolute atomic E-state index is 11.8. The number of phenols is 1. The molecule has 0 aliphatic carbocycles. The topological polar surface area (TPSA) is 49.3 Å². The molecule has 0 spiro atoms. The molecule has 0 radical (unpaired) electrons. The molecule has 94 valence electrons. The van der Waals surface area contributed by atoms with Crippen LogP contribution < -0.4 is 5.32 Å². The third kappa shape index (κ3) is 4.38. The van der Waals surface area contributed by atoms with E-state index in [-0.39, 0.29) is 17.1 Å². The van der Waals surface area contributed by atoms with Crippen LogP contribution in [-0.2, 0) is 0 Å². The summed E-state index contributed by atoms with van der Waals surface area (Å²) in [6.45, 7) is 4.78. The Morgan fingerprint density at radius 1 is 1.41 bits per heavy atom. The fourth-order valence-corrected chi connectivity index (χ4v) is 2.50. The maximum Gasteiger partial charge on any atom is 0.255 e. The standard InChI is InChI=1S/C13H18BrNO2/c1-13(2,7-8-14)9-15-12(17)10-5-3-4-6-11(10)16/h3-6,16H,7-9H2,1-2H3,(H,15,17). The summed E-state index contributed by atoms with van der Waals surface area (Å²) in [4.78, 5) is 11.8. The number of rotatable bonds is 5. The van der Waals surface area contributed by atoms with Crippen molar-refractivity contribution in [3.63, 3.8) is 0 Å². The zero-order valence-electron chi connectivity index (χ0n) is 10.2. The molecule has 3 nitrogen and oxygen atoms in total. The fraction of sp³-hybridized carbons (Fsp3) is 0.462. The second-order valence-electron chi connectivity index (χ2n) is 4.80. The van der Waals surface area contributed by atoms with Crippen LogP contribution in [0.25, 0.3) is 0 Å². The SMILES string of the molecule is CC(C)(CCBr)CNC(=O)c1ccccc1O. The second-order valence-corrected chi connectivity index (χ2v) is 5.60. The molecule has 2 N–H and O–H groups in total. The summed E-state index contributed by atoms with van der Waals surface area (Å²) in [5.41, 5.74) is 0.367. The van der Waals surface area contributed by atoms with Crippen LogP contribution in [0.5, 0.6) is 5.75 Å². The number of carbonyl (C=O) groups excluding carboxylic acids is 1. The molecule has 1 rings (SSSR count). The lowest BCUT2D eigenvalue weighted by atomic mass is 9.90. The number of aromatic hydroxyl groups is 1. The fourth-order valence-electron chi connectivity index (χ4n) is 1.42. The molecule has 4 heteroatoms. The molecular formula is C13H18BrNO2. The van der Waals surface area contributed by atoms with Gasteiger partial charge in [0.25, 0.3) is 5.91 Å². The Bertz CT molecular complexity index is 391. The molecule has 0 unspecified atom stereocenters. The molecule has 1 amide bonds. The number of para-hydroxylation sites is 1. The first-order valence-corrected chi connectivity index (χ1v) is 6.70. The first-order chi connectivity index (χ1) is 7.96. The lowest BCUT2D eigenvalue weighted by Crippen LogP contribution is -2.34. The molecule has 0 atom stereocenters. The Morgan fingerprint density at radius 2 is 2.06 bits per heavy atom. The van der Waals surface area contributed by atoms with E-state index in [4.69, 9.17) is 0 Å². The monoisotopic (exact) mass is 299 g/mol. The van der Waals surface area contributed by atoms with Gasteiger partial charge in [0.05, 0.1) is 5.56 Å². The number of alkyl halides is 1. The highest BCUT2D eigenvalue weighted by atomic mass is 79.9. The Morgan fingerprint density at radius 3 is 2.65 bits per heavy atom. The van der Waals surface area contributed by atoms with E-state index < -0.39 is 0 Å². The van der Waals surface area contributed by atoms with E-state index >= 15 is 0 Å². The quantitative estimate of drug-likeness (QED) is 0.821. The van der Waals surface area contributed by atoms with Gasteiger partial charge in [0.2, 0.25) is 0 Å². The van der Waals surface area contributed by atoms with Crippen LogP contribution in [0.2, 0.25) is 0 Å². The van der Waals surface area contributed by atoms with Gasteiger partial charge in [-0.1, -0.05) is 41.9 Å². The van der Waals surface area contributed by atoms with E-state index in [1.807, 2.05) is 0 Å². The minimum atomic E-state index is -0.231. The minimum Gasteiger partial charge on any atom is -0.507 e. The van der Waals surface area contributed by atoms with Gasteiger partial charge >= 0.3 is 0 Å². The molecule has 0 fully saturated rings. The number of halogens is 1. The van der Waals surface area contributed by atoms with E-state index in [2.05, 4.69) is 35.1 Å². The summed E-state index contributed by atoms with van der Waals surface area (Å²) in [7, 11) is 0. The number of benzene rings is 1. The summed E-state index contributed by atoms with van der Waals surface area (Å²) in [6.07, 6.45) is 0.980. The molecule has 0 aliphatic heterocycles. The number of hydrogen-bond donors (Lipinski definition) is 2. The molecule has 0 heterocycles. The van der Waals surface area contributed by atoms with Crippen molar-refractivity contribution in [3.05, 3.63) is 29.8 Å². The highest BCUT2D eigenvalue weighted by Gasteiger charge is 2.19. The Kier molecular flexibility index (Phi) is 5.00. The molecule has 0 aliphatic rings. The van der Waals surface area contributed by atoms with Crippen molar-refractivity contribution in [1.29, 1.82) is 0 Å². The Labute approximate surface area is 110 Å². The normalized spacial score (nSPS) is 11.2. The van der Waals surface area contributed by atoms with Crippen LogP contribution in [0.1, 0.15) is 30.6 Å². The average Bonchev–Trinajstić information content (AvgIpc) is 2.27. The third-order valence-corrected chi connectivity index (χ3v) is 3.04. The van der Waals surface area contributed by atoms with Crippen molar-refractivity contribution in [2.75, 3.05) is 11.9 Å². The third-order valence-electron chi connectivity index (χ3n) is 2.65. The lowest BCUT2D eigenvalue weighted by molar-refractivity contribution is 0.0933. The van der Waals surface area contributed by atoms with Crippen LogP contribution in [0.3, 0.4) is 0 Å². The zero-order valence-corrected chi connectivity index (χ0v) is 11.8. The summed E-state index contributed by atoms with van der Waals surface area (Å²) < 4.78 is 0. The molecule has 0 saturated heterocycles. The van der Waals surface area contributed by atoms with Crippen LogP contribution >= 0.6 is 15.9 Å². The van der Waals surface area contributed by atoms with Crippen LogP contribution in [0.4, 0.5) is 0 Å². The van der Waals surface area contributed by atoms with Crippen LogP contribution in [0, 0.1) is 5.41 Å². The van der Waals surface area contributed by atoms with Crippen molar-refractivity contribution in [2.45, 2.75) is 20.3 Å². The highest BCUT2D eigenvalue weighted by Crippen LogP contribution is 2.21. The number of hydrogen-bond acceptors (Lipinski definition) is 2. The predicted molar refractivity (Wildman–Crippen MR) is 72.6 cm³/mol.